The number of carboxylic acid groups (broad SMARTS) is 1. The zero-order valence-electron chi connectivity index (χ0n) is 17.7. The van der Waals surface area contributed by atoms with Crippen LogP contribution in [0.3, 0.4) is 0 Å². The Morgan fingerprint density at radius 1 is 1.15 bits per heavy atom. The zero-order chi connectivity index (χ0) is 24.1. The van der Waals surface area contributed by atoms with Gasteiger partial charge in [0.1, 0.15) is 16.7 Å². The van der Waals surface area contributed by atoms with Crippen molar-refractivity contribution in [2.45, 2.75) is 13.5 Å². The molecule has 34 heavy (non-hydrogen) atoms. The molecule has 0 aliphatic heterocycles. The number of rotatable bonds is 4. The van der Waals surface area contributed by atoms with Gasteiger partial charge in [0.15, 0.2) is 0 Å². The molecule has 5 aromatic rings. The highest BCUT2D eigenvalue weighted by molar-refractivity contribution is 6.39. The highest BCUT2D eigenvalue weighted by atomic mass is 35.5. The summed E-state index contributed by atoms with van der Waals surface area (Å²) in [5, 5.41) is 11.7. The molecule has 0 radical (unpaired) electrons. The number of aromatic carboxylic acids is 1. The summed E-state index contributed by atoms with van der Waals surface area (Å²) in [6.45, 7) is 1.48. The SMILES string of the molecule is Cc1cc2c(-c3ccc[nH]c3=O)c(C(=O)O)n(Cc3c(Cl)nc4ccccc4c3Cl)c2cc1F. The summed E-state index contributed by atoms with van der Waals surface area (Å²) >= 11 is 13.1. The number of nitrogens with zero attached hydrogens (tertiary/aromatic N) is 2. The quantitative estimate of drug-likeness (QED) is 0.297. The van der Waals surface area contributed by atoms with Crippen LogP contribution in [-0.2, 0) is 6.54 Å². The summed E-state index contributed by atoms with van der Waals surface area (Å²) in [7, 11) is 0. The second kappa shape index (κ2) is 8.27. The van der Waals surface area contributed by atoms with Crippen LogP contribution in [0.4, 0.5) is 4.39 Å². The van der Waals surface area contributed by atoms with Crippen LogP contribution in [0, 0.1) is 12.7 Å². The van der Waals surface area contributed by atoms with E-state index >= 15 is 0 Å². The van der Waals surface area contributed by atoms with Gasteiger partial charge in [0.05, 0.1) is 22.6 Å². The van der Waals surface area contributed by atoms with Crippen molar-refractivity contribution < 1.29 is 14.3 Å². The Labute approximate surface area is 202 Å². The third kappa shape index (κ3) is 3.45. The van der Waals surface area contributed by atoms with Gasteiger partial charge in [0, 0.05) is 33.7 Å². The van der Waals surface area contributed by atoms with Crippen LogP contribution in [0.1, 0.15) is 21.6 Å². The number of H-pyrrole nitrogens is 1. The first kappa shape index (κ1) is 22.1. The maximum absolute atomic E-state index is 14.7. The zero-order valence-corrected chi connectivity index (χ0v) is 19.2. The van der Waals surface area contributed by atoms with Crippen LogP contribution < -0.4 is 5.56 Å². The van der Waals surface area contributed by atoms with E-state index in [1.165, 1.54) is 29.0 Å². The molecule has 0 fully saturated rings. The first-order valence-electron chi connectivity index (χ1n) is 10.2. The average Bonchev–Trinajstić information content (AvgIpc) is 3.10. The molecule has 2 aromatic carbocycles. The van der Waals surface area contributed by atoms with E-state index in [4.69, 9.17) is 23.2 Å². The molecule has 6 nitrogen and oxygen atoms in total. The second-order valence-corrected chi connectivity index (χ2v) is 8.59. The average molecular weight is 496 g/mol. The lowest BCUT2D eigenvalue weighted by Crippen LogP contribution is -2.14. The van der Waals surface area contributed by atoms with Crippen molar-refractivity contribution >= 4 is 51.0 Å². The fraction of sp³-hybridized carbons (Fsp3) is 0.0800. The Bertz CT molecular complexity index is 1690. The highest BCUT2D eigenvalue weighted by Crippen LogP contribution is 2.38. The molecule has 0 saturated heterocycles. The van der Waals surface area contributed by atoms with E-state index in [9.17, 15) is 19.1 Å². The summed E-state index contributed by atoms with van der Waals surface area (Å²) in [5.41, 5.74) is 1.28. The highest BCUT2D eigenvalue weighted by Gasteiger charge is 2.27. The molecule has 170 valence electrons. The number of halogens is 3. The number of hydrogen-bond donors (Lipinski definition) is 2. The van der Waals surface area contributed by atoms with Crippen LogP contribution in [0.25, 0.3) is 32.9 Å². The first-order chi connectivity index (χ1) is 16.3. The van der Waals surface area contributed by atoms with Gasteiger partial charge in [-0.05, 0) is 42.8 Å². The summed E-state index contributed by atoms with van der Waals surface area (Å²) < 4.78 is 16.1. The van der Waals surface area contributed by atoms with Crippen LogP contribution >= 0.6 is 23.2 Å². The molecule has 2 N–H and O–H groups in total. The third-order valence-corrected chi connectivity index (χ3v) is 6.57. The van der Waals surface area contributed by atoms with Gasteiger partial charge >= 0.3 is 5.97 Å². The van der Waals surface area contributed by atoms with Gasteiger partial charge in [-0.3, -0.25) is 4.79 Å². The maximum Gasteiger partial charge on any atom is 0.353 e. The fourth-order valence-corrected chi connectivity index (χ4v) is 4.83. The number of aromatic nitrogens is 3. The predicted octanol–water partition coefficient (Wildman–Crippen LogP) is 6.05. The third-order valence-electron chi connectivity index (χ3n) is 5.82. The van der Waals surface area contributed by atoms with Gasteiger partial charge in [-0.1, -0.05) is 41.4 Å². The molecule has 3 heterocycles. The van der Waals surface area contributed by atoms with Crippen molar-refractivity contribution in [2.75, 3.05) is 0 Å². The minimum absolute atomic E-state index is 0.0964. The molecule has 5 rings (SSSR count). The molecule has 0 aliphatic carbocycles. The molecule has 0 amide bonds. The van der Waals surface area contributed by atoms with Crippen molar-refractivity contribution in [3.8, 4) is 11.1 Å². The van der Waals surface area contributed by atoms with Crippen LogP contribution in [-0.4, -0.2) is 25.6 Å². The molecular weight excluding hydrogens is 480 g/mol. The van der Waals surface area contributed by atoms with Gasteiger partial charge in [0.25, 0.3) is 5.56 Å². The Morgan fingerprint density at radius 2 is 1.91 bits per heavy atom. The summed E-state index contributed by atoms with van der Waals surface area (Å²) in [4.78, 5) is 32.1. The Hall–Kier alpha value is -3.68. The lowest BCUT2D eigenvalue weighted by atomic mass is 10.0. The van der Waals surface area contributed by atoms with Crippen LogP contribution in [0.2, 0.25) is 10.2 Å². The topological polar surface area (TPSA) is 88.0 Å². The van der Waals surface area contributed by atoms with E-state index in [0.29, 0.717) is 38.0 Å². The number of hydrogen-bond acceptors (Lipinski definition) is 3. The van der Waals surface area contributed by atoms with Crippen molar-refractivity contribution in [1.82, 2.24) is 14.5 Å². The molecule has 0 unspecified atom stereocenters. The van der Waals surface area contributed by atoms with Gasteiger partial charge in [0.2, 0.25) is 0 Å². The van der Waals surface area contributed by atoms with Crippen LogP contribution in [0.5, 0.6) is 0 Å². The van der Waals surface area contributed by atoms with Gasteiger partial charge in [-0.15, -0.1) is 0 Å². The van der Waals surface area contributed by atoms with E-state index in [0.717, 1.165) is 0 Å². The molecule has 3 aromatic heterocycles. The van der Waals surface area contributed by atoms with E-state index in [2.05, 4.69) is 9.97 Å². The predicted molar refractivity (Wildman–Crippen MR) is 131 cm³/mol. The summed E-state index contributed by atoms with van der Waals surface area (Å²) in [5.74, 6) is -1.79. The number of aryl methyl sites for hydroxylation is 1. The van der Waals surface area contributed by atoms with Gasteiger partial charge in [-0.2, -0.15) is 0 Å². The molecule has 9 heteroatoms. The van der Waals surface area contributed by atoms with Crippen molar-refractivity contribution in [2.24, 2.45) is 0 Å². The smallest absolute Gasteiger partial charge is 0.353 e. The van der Waals surface area contributed by atoms with E-state index in [1.54, 1.807) is 37.3 Å². The van der Waals surface area contributed by atoms with Crippen LogP contribution in [0.15, 0.2) is 59.5 Å². The maximum atomic E-state index is 14.7. The van der Waals surface area contributed by atoms with E-state index in [1.807, 2.05) is 0 Å². The molecule has 0 saturated carbocycles. The number of carboxylic acids is 1. The van der Waals surface area contributed by atoms with E-state index in [-0.39, 0.29) is 28.5 Å². The summed E-state index contributed by atoms with van der Waals surface area (Å²) in [6.07, 6.45) is 1.46. The minimum Gasteiger partial charge on any atom is -0.477 e. The largest absolute Gasteiger partial charge is 0.477 e. The standard InChI is InChI=1S/C25H16Cl2FN3O3/c1-12-9-15-19(10-17(12)28)31(22(25(33)34)20(15)14-6-4-8-29-24(14)32)11-16-21(26)13-5-2-3-7-18(13)30-23(16)27/h2-10H,11H2,1H3,(H,29,32)(H,33,34). The Morgan fingerprint density at radius 3 is 2.65 bits per heavy atom. The van der Waals surface area contributed by atoms with Crippen molar-refractivity contribution in [1.29, 1.82) is 0 Å². The molecular formula is C25H16Cl2FN3O3. The second-order valence-electron chi connectivity index (χ2n) is 7.86. The number of fused-ring (bicyclic) bond motifs is 2. The summed E-state index contributed by atoms with van der Waals surface area (Å²) in [6, 6.07) is 13.1. The van der Waals surface area contributed by atoms with Crippen molar-refractivity contribution in [3.63, 3.8) is 0 Å². The lowest BCUT2D eigenvalue weighted by molar-refractivity contribution is 0.0687. The Balaban J connectivity index is 1.87. The van der Waals surface area contributed by atoms with E-state index < -0.39 is 17.3 Å². The normalized spacial score (nSPS) is 11.4. The number of aromatic amines is 1. The molecule has 0 bridgehead atoms. The monoisotopic (exact) mass is 495 g/mol. The number of para-hydroxylation sites is 1. The minimum atomic E-state index is -1.28. The molecule has 0 spiro atoms. The Kier molecular flexibility index (Phi) is 5.38. The van der Waals surface area contributed by atoms with Gasteiger partial charge in [-0.25, -0.2) is 14.2 Å². The lowest BCUT2D eigenvalue weighted by Gasteiger charge is -2.14. The van der Waals surface area contributed by atoms with Gasteiger partial charge < -0.3 is 14.7 Å². The number of nitrogens with one attached hydrogen (secondary N) is 1. The number of pyridine rings is 2. The van der Waals surface area contributed by atoms with Crippen molar-refractivity contribution in [3.05, 3.63) is 97.9 Å². The first-order valence-corrected chi connectivity index (χ1v) is 11.0. The number of benzene rings is 2. The molecule has 0 atom stereocenters. The molecule has 0 aliphatic rings. The number of carbonyl (C=O) groups is 1. The fourth-order valence-electron chi connectivity index (χ4n) is 4.23.